The fourth-order valence-electron chi connectivity index (χ4n) is 2.72. The van der Waals surface area contributed by atoms with E-state index in [0.717, 1.165) is 18.4 Å². The molecule has 1 aliphatic heterocycles. The van der Waals surface area contributed by atoms with Crippen molar-refractivity contribution in [2.75, 3.05) is 6.79 Å². The van der Waals surface area contributed by atoms with E-state index in [1.54, 1.807) is 6.92 Å². The summed E-state index contributed by atoms with van der Waals surface area (Å²) >= 11 is 0. The molecule has 1 amide bonds. The van der Waals surface area contributed by atoms with Gasteiger partial charge in [0.2, 0.25) is 6.79 Å². The van der Waals surface area contributed by atoms with Crippen molar-refractivity contribution in [3.05, 3.63) is 35.9 Å². The monoisotopic (exact) mass is 331 g/mol. The van der Waals surface area contributed by atoms with E-state index in [0.29, 0.717) is 24.5 Å². The molecule has 2 aliphatic rings. The van der Waals surface area contributed by atoms with Gasteiger partial charge in [-0.05, 0) is 43.9 Å². The van der Waals surface area contributed by atoms with Crippen LogP contribution in [0.3, 0.4) is 0 Å². The summed E-state index contributed by atoms with van der Waals surface area (Å²) in [5.74, 6) is 0.622. The molecule has 2 atom stereocenters. The molecule has 6 heteroatoms. The molecule has 0 saturated carbocycles. The molecule has 1 aromatic carbocycles. The van der Waals surface area contributed by atoms with E-state index in [2.05, 4.69) is 11.4 Å². The first-order valence-electron chi connectivity index (χ1n) is 8.15. The SMILES string of the molecule is C[C@@H](OC(=O)[C@H]1CC=CCC1)C(=O)NCc1ccc2c(c1)OCO2. The lowest BCUT2D eigenvalue weighted by Crippen LogP contribution is -2.36. The van der Waals surface area contributed by atoms with Crippen LogP contribution in [-0.4, -0.2) is 24.8 Å². The maximum atomic E-state index is 12.1. The Bertz CT molecular complexity index is 655. The molecule has 0 spiro atoms. The Morgan fingerprint density at radius 2 is 2.12 bits per heavy atom. The predicted octanol–water partition coefficient (Wildman–Crippen LogP) is 2.32. The van der Waals surface area contributed by atoms with Crippen molar-refractivity contribution in [1.29, 1.82) is 0 Å². The Labute approximate surface area is 140 Å². The van der Waals surface area contributed by atoms with Gasteiger partial charge in [0.05, 0.1) is 5.92 Å². The van der Waals surface area contributed by atoms with Gasteiger partial charge in [0.1, 0.15) is 0 Å². The third kappa shape index (κ3) is 3.88. The minimum Gasteiger partial charge on any atom is -0.454 e. The van der Waals surface area contributed by atoms with Crippen molar-refractivity contribution < 1.29 is 23.8 Å². The quantitative estimate of drug-likeness (QED) is 0.662. The number of hydrogen-bond acceptors (Lipinski definition) is 5. The zero-order chi connectivity index (χ0) is 16.9. The van der Waals surface area contributed by atoms with Crippen LogP contribution in [0.4, 0.5) is 0 Å². The zero-order valence-corrected chi connectivity index (χ0v) is 13.6. The number of amides is 1. The minimum atomic E-state index is -0.808. The second-order valence-corrected chi connectivity index (χ2v) is 5.97. The van der Waals surface area contributed by atoms with Gasteiger partial charge in [-0.25, -0.2) is 0 Å². The summed E-state index contributed by atoms with van der Waals surface area (Å²) in [6.07, 6.45) is 5.58. The van der Waals surface area contributed by atoms with Crippen LogP contribution in [0.1, 0.15) is 31.7 Å². The van der Waals surface area contributed by atoms with Crippen LogP contribution in [0.25, 0.3) is 0 Å². The van der Waals surface area contributed by atoms with Gasteiger partial charge < -0.3 is 19.5 Å². The largest absolute Gasteiger partial charge is 0.454 e. The third-order valence-electron chi connectivity index (χ3n) is 4.17. The summed E-state index contributed by atoms with van der Waals surface area (Å²) in [4.78, 5) is 24.2. The first kappa shape index (κ1) is 16.4. The number of esters is 1. The van der Waals surface area contributed by atoms with Gasteiger partial charge in [-0.3, -0.25) is 9.59 Å². The standard InChI is InChI=1S/C18H21NO5/c1-12(24-18(21)14-5-3-2-4-6-14)17(20)19-10-13-7-8-15-16(9-13)23-11-22-15/h2-3,7-9,12,14H,4-6,10-11H2,1H3,(H,19,20)/t12-,14+/m1/s1. The molecule has 128 valence electrons. The van der Waals surface area contributed by atoms with Crippen molar-refractivity contribution in [3.63, 3.8) is 0 Å². The second-order valence-electron chi connectivity index (χ2n) is 5.97. The Morgan fingerprint density at radius 1 is 1.29 bits per heavy atom. The van der Waals surface area contributed by atoms with Crippen molar-refractivity contribution >= 4 is 11.9 Å². The molecule has 0 fully saturated rings. The minimum absolute atomic E-state index is 0.140. The summed E-state index contributed by atoms with van der Waals surface area (Å²) in [7, 11) is 0. The summed E-state index contributed by atoms with van der Waals surface area (Å²) < 4.78 is 15.8. The molecule has 0 saturated heterocycles. The van der Waals surface area contributed by atoms with Gasteiger partial charge in [-0.2, -0.15) is 0 Å². The lowest BCUT2D eigenvalue weighted by atomic mass is 9.95. The highest BCUT2D eigenvalue weighted by molar-refractivity contribution is 5.84. The first-order valence-corrected chi connectivity index (χ1v) is 8.15. The molecule has 1 aromatic rings. The molecule has 1 heterocycles. The van der Waals surface area contributed by atoms with Gasteiger partial charge in [0, 0.05) is 6.54 Å². The number of carbonyl (C=O) groups is 2. The maximum absolute atomic E-state index is 12.1. The number of nitrogens with one attached hydrogen (secondary N) is 1. The Morgan fingerprint density at radius 3 is 2.92 bits per heavy atom. The van der Waals surface area contributed by atoms with Crippen LogP contribution in [0.5, 0.6) is 11.5 Å². The summed E-state index contributed by atoms with van der Waals surface area (Å²) in [5, 5.41) is 2.77. The summed E-state index contributed by atoms with van der Waals surface area (Å²) in [6.45, 7) is 2.14. The Hall–Kier alpha value is -2.50. The van der Waals surface area contributed by atoms with E-state index in [-0.39, 0.29) is 24.6 Å². The molecular weight excluding hydrogens is 310 g/mol. The van der Waals surface area contributed by atoms with Gasteiger partial charge in [-0.1, -0.05) is 18.2 Å². The van der Waals surface area contributed by atoms with Gasteiger partial charge in [0.15, 0.2) is 17.6 Å². The molecule has 3 rings (SSSR count). The number of ether oxygens (including phenoxy) is 3. The maximum Gasteiger partial charge on any atom is 0.310 e. The van der Waals surface area contributed by atoms with E-state index in [1.807, 2.05) is 24.3 Å². The van der Waals surface area contributed by atoms with Crippen molar-refractivity contribution in [2.24, 2.45) is 5.92 Å². The summed E-state index contributed by atoms with van der Waals surface area (Å²) in [5.41, 5.74) is 0.892. The highest BCUT2D eigenvalue weighted by Crippen LogP contribution is 2.32. The average molecular weight is 331 g/mol. The van der Waals surface area contributed by atoms with E-state index in [1.165, 1.54) is 0 Å². The molecule has 24 heavy (non-hydrogen) atoms. The highest BCUT2D eigenvalue weighted by Gasteiger charge is 2.25. The molecule has 0 unspecified atom stereocenters. The molecule has 0 bridgehead atoms. The van der Waals surface area contributed by atoms with E-state index >= 15 is 0 Å². The zero-order valence-electron chi connectivity index (χ0n) is 13.6. The molecule has 1 N–H and O–H groups in total. The van der Waals surface area contributed by atoms with E-state index in [9.17, 15) is 9.59 Å². The molecule has 6 nitrogen and oxygen atoms in total. The van der Waals surface area contributed by atoms with E-state index in [4.69, 9.17) is 14.2 Å². The highest BCUT2D eigenvalue weighted by atomic mass is 16.7. The number of rotatable bonds is 5. The number of fused-ring (bicyclic) bond motifs is 1. The number of allylic oxidation sites excluding steroid dienone is 2. The molecular formula is C18H21NO5. The lowest BCUT2D eigenvalue weighted by Gasteiger charge is -2.19. The molecule has 0 radical (unpaired) electrons. The Balaban J connectivity index is 1.47. The van der Waals surface area contributed by atoms with Gasteiger partial charge >= 0.3 is 5.97 Å². The van der Waals surface area contributed by atoms with Crippen molar-refractivity contribution in [3.8, 4) is 11.5 Å². The predicted molar refractivity (Wildman–Crippen MR) is 86.4 cm³/mol. The lowest BCUT2D eigenvalue weighted by molar-refractivity contribution is -0.159. The van der Waals surface area contributed by atoms with Crippen LogP contribution in [0.15, 0.2) is 30.4 Å². The normalized spacial score (nSPS) is 19.6. The molecule has 1 aliphatic carbocycles. The molecule has 0 aromatic heterocycles. The first-order chi connectivity index (χ1) is 11.6. The Kier molecular flexibility index (Phi) is 5.03. The van der Waals surface area contributed by atoms with Crippen LogP contribution < -0.4 is 14.8 Å². The number of benzene rings is 1. The number of carbonyl (C=O) groups excluding carboxylic acids is 2. The van der Waals surface area contributed by atoms with Crippen LogP contribution >= 0.6 is 0 Å². The van der Waals surface area contributed by atoms with Crippen LogP contribution in [0.2, 0.25) is 0 Å². The van der Waals surface area contributed by atoms with Crippen LogP contribution in [-0.2, 0) is 20.9 Å². The van der Waals surface area contributed by atoms with Crippen molar-refractivity contribution in [1.82, 2.24) is 5.32 Å². The smallest absolute Gasteiger partial charge is 0.310 e. The van der Waals surface area contributed by atoms with Gasteiger partial charge in [0.25, 0.3) is 5.91 Å². The fourth-order valence-corrected chi connectivity index (χ4v) is 2.72. The second kappa shape index (κ2) is 7.38. The summed E-state index contributed by atoms with van der Waals surface area (Å²) in [6, 6.07) is 5.50. The fraction of sp³-hybridized carbons (Fsp3) is 0.444. The van der Waals surface area contributed by atoms with E-state index < -0.39 is 6.10 Å². The van der Waals surface area contributed by atoms with Gasteiger partial charge in [-0.15, -0.1) is 0 Å². The third-order valence-corrected chi connectivity index (χ3v) is 4.17. The van der Waals surface area contributed by atoms with Crippen LogP contribution in [0, 0.1) is 5.92 Å². The van der Waals surface area contributed by atoms with Crippen molar-refractivity contribution in [2.45, 2.75) is 38.8 Å². The topological polar surface area (TPSA) is 73.9 Å². The average Bonchev–Trinajstić information content (AvgIpc) is 3.08. The number of hydrogen-bond donors (Lipinski definition) is 1.